The number of aromatic amines is 1. The zero-order chi connectivity index (χ0) is 14.4. The van der Waals surface area contributed by atoms with Crippen LogP contribution in [0.3, 0.4) is 0 Å². The van der Waals surface area contributed by atoms with E-state index < -0.39 is 0 Å². The van der Waals surface area contributed by atoms with Crippen LogP contribution in [0.15, 0.2) is 17.9 Å². The number of nitrogens with two attached hydrogens (primary N) is 1. The Balaban J connectivity index is 2.29. The molecule has 6 nitrogen and oxygen atoms in total. The largest absolute Gasteiger partial charge is 0.395 e. The second-order valence-corrected chi connectivity index (χ2v) is 5.37. The molecule has 0 aromatic carbocycles. The van der Waals surface area contributed by atoms with E-state index in [0.717, 1.165) is 29.4 Å². The number of likely N-dealkylation sites (N-methyl/N-ethyl adjacent to an activating group) is 1. The molecule has 7 heteroatoms. The maximum atomic E-state index is 9.25. The normalized spacial score (nSPS) is 13.0. The maximum absolute atomic E-state index is 9.25. The molecular formula is C13H21N5OS. The summed E-state index contributed by atoms with van der Waals surface area (Å²) in [6.45, 7) is 4.24. The van der Waals surface area contributed by atoms with Crippen molar-refractivity contribution in [1.82, 2.24) is 19.9 Å². The third-order valence-corrected chi connectivity index (χ3v) is 4.12. The van der Waals surface area contributed by atoms with Gasteiger partial charge < -0.3 is 15.8 Å². The zero-order valence-corrected chi connectivity index (χ0v) is 12.4. The molecule has 2 rings (SSSR count). The molecule has 4 N–H and O–H groups in total. The number of hydrogen-bond acceptors (Lipinski definition) is 6. The number of H-pyrrole nitrogens is 1. The maximum Gasteiger partial charge on any atom is 0.116 e. The summed E-state index contributed by atoms with van der Waals surface area (Å²) in [4.78, 5) is 14.1. The van der Waals surface area contributed by atoms with Gasteiger partial charge in [-0.3, -0.25) is 4.90 Å². The number of hydrogen-bond donors (Lipinski definition) is 3. The molecule has 0 fully saturated rings. The van der Waals surface area contributed by atoms with Gasteiger partial charge in [0.05, 0.1) is 24.3 Å². The summed E-state index contributed by atoms with van der Waals surface area (Å²) in [7, 11) is 0. The number of aliphatic hydroxyl groups excluding tert-OH is 1. The van der Waals surface area contributed by atoms with Crippen molar-refractivity contribution in [3.05, 3.63) is 34.3 Å². The third kappa shape index (κ3) is 3.43. The summed E-state index contributed by atoms with van der Waals surface area (Å²) in [6.07, 6.45) is 4.27. The van der Waals surface area contributed by atoms with Crippen LogP contribution in [0.1, 0.15) is 29.4 Å². The van der Waals surface area contributed by atoms with E-state index in [1.165, 1.54) is 0 Å². The van der Waals surface area contributed by atoms with E-state index >= 15 is 0 Å². The van der Waals surface area contributed by atoms with Gasteiger partial charge in [0, 0.05) is 24.5 Å². The molecular weight excluding hydrogens is 274 g/mol. The van der Waals surface area contributed by atoms with Crippen molar-refractivity contribution in [3.63, 3.8) is 0 Å². The molecule has 20 heavy (non-hydrogen) atoms. The fourth-order valence-electron chi connectivity index (χ4n) is 2.21. The summed E-state index contributed by atoms with van der Waals surface area (Å²) in [5, 5.41) is 12.3. The zero-order valence-electron chi connectivity index (χ0n) is 11.6. The van der Waals surface area contributed by atoms with Crippen molar-refractivity contribution in [3.8, 4) is 0 Å². The Labute approximate surface area is 122 Å². The van der Waals surface area contributed by atoms with Gasteiger partial charge in [-0.1, -0.05) is 6.92 Å². The van der Waals surface area contributed by atoms with Gasteiger partial charge in [-0.05, 0) is 13.1 Å². The Hall–Kier alpha value is -1.28. The van der Waals surface area contributed by atoms with Crippen LogP contribution in [0.5, 0.6) is 0 Å². The van der Waals surface area contributed by atoms with Crippen LogP contribution in [0, 0.1) is 0 Å². The second kappa shape index (κ2) is 7.49. The van der Waals surface area contributed by atoms with E-state index in [2.05, 4.69) is 32.2 Å². The van der Waals surface area contributed by atoms with Crippen molar-refractivity contribution in [1.29, 1.82) is 0 Å². The first-order chi connectivity index (χ1) is 9.80. The number of aromatic nitrogens is 3. The van der Waals surface area contributed by atoms with Crippen molar-refractivity contribution in [2.75, 3.05) is 26.2 Å². The highest BCUT2D eigenvalue weighted by molar-refractivity contribution is 7.09. The summed E-state index contributed by atoms with van der Waals surface area (Å²) in [5.74, 6) is 0. The predicted molar refractivity (Wildman–Crippen MR) is 79.6 cm³/mol. The van der Waals surface area contributed by atoms with Crippen LogP contribution in [0.25, 0.3) is 0 Å². The van der Waals surface area contributed by atoms with Crippen molar-refractivity contribution in [2.45, 2.75) is 19.4 Å². The lowest BCUT2D eigenvalue weighted by Gasteiger charge is -2.27. The van der Waals surface area contributed by atoms with Gasteiger partial charge in [0.25, 0.3) is 0 Å². The lowest BCUT2D eigenvalue weighted by atomic mass is 10.2. The minimum Gasteiger partial charge on any atom is -0.395 e. The van der Waals surface area contributed by atoms with Crippen LogP contribution >= 0.6 is 11.3 Å². The van der Waals surface area contributed by atoms with E-state index in [9.17, 15) is 5.11 Å². The first-order valence-corrected chi connectivity index (χ1v) is 7.65. The number of imidazole rings is 1. The van der Waals surface area contributed by atoms with Gasteiger partial charge in [-0.15, -0.1) is 11.3 Å². The number of rotatable bonds is 8. The van der Waals surface area contributed by atoms with E-state index in [-0.39, 0.29) is 12.6 Å². The first-order valence-electron chi connectivity index (χ1n) is 6.77. The Kier molecular flexibility index (Phi) is 5.66. The summed E-state index contributed by atoms with van der Waals surface area (Å²) in [5.41, 5.74) is 7.60. The molecule has 0 bridgehead atoms. The Morgan fingerprint density at radius 1 is 1.55 bits per heavy atom. The fourth-order valence-corrected chi connectivity index (χ4v) is 3.21. The van der Waals surface area contributed by atoms with Gasteiger partial charge in [0.2, 0.25) is 0 Å². The smallest absolute Gasteiger partial charge is 0.116 e. The molecule has 110 valence electrons. The SMILES string of the molecule is CCN(CCO)C(c1cnc[nH]1)c1nc(CCN)cs1. The molecule has 1 atom stereocenters. The van der Waals surface area contributed by atoms with Crippen molar-refractivity contribution in [2.24, 2.45) is 5.73 Å². The van der Waals surface area contributed by atoms with Crippen LogP contribution in [-0.4, -0.2) is 51.2 Å². The Morgan fingerprint density at radius 2 is 2.40 bits per heavy atom. The lowest BCUT2D eigenvalue weighted by Crippen LogP contribution is -2.32. The van der Waals surface area contributed by atoms with Gasteiger partial charge in [-0.2, -0.15) is 0 Å². The standard InChI is InChI=1S/C13H21N5OS/c1-2-18(5-6-19)12(11-7-15-9-16-11)13-17-10(3-4-14)8-20-13/h7-9,12,19H,2-6,14H2,1H3,(H,15,16). The average molecular weight is 295 g/mol. The molecule has 0 aliphatic heterocycles. The van der Waals surface area contributed by atoms with Gasteiger partial charge in [0.15, 0.2) is 0 Å². The quantitative estimate of drug-likeness (QED) is 0.669. The minimum absolute atomic E-state index is 0.00572. The van der Waals surface area contributed by atoms with Crippen molar-refractivity contribution < 1.29 is 5.11 Å². The third-order valence-electron chi connectivity index (χ3n) is 3.18. The van der Waals surface area contributed by atoms with Crippen LogP contribution < -0.4 is 5.73 Å². The summed E-state index contributed by atoms with van der Waals surface area (Å²) < 4.78 is 0. The molecule has 0 aliphatic carbocycles. The topological polar surface area (TPSA) is 91.1 Å². The monoisotopic (exact) mass is 295 g/mol. The number of aliphatic hydroxyl groups is 1. The molecule has 2 aromatic heterocycles. The van der Waals surface area contributed by atoms with E-state index in [1.54, 1.807) is 17.7 Å². The highest BCUT2D eigenvalue weighted by Crippen LogP contribution is 2.29. The van der Waals surface area contributed by atoms with Crippen LogP contribution in [0.2, 0.25) is 0 Å². The molecule has 2 aromatic rings. The minimum atomic E-state index is 0.00572. The molecule has 2 heterocycles. The number of thiazole rings is 1. The molecule has 0 aliphatic rings. The molecule has 1 unspecified atom stereocenters. The molecule has 0 spiro atoms. The highest BCUT2D eigenvalue weighted by atomic mass is 32.1. The number of nitrogens with one attached hydrogen (secondary N) is 1. The van der Waals surface area contributed by atoms with E-state index in [0.29, 0.717) is 13.1 Å². The molecule has 0 radical (unpaired) electrons. The number of nitrogens with zero attached hydrogens (tertiary/aromatic N) is 3. The Morgan fingerprint density at radius 3 is 3.00 bits per heavy atom. The van der Waals surface area contributed by atoms with Gasteiger partial charge in [0.1, 0.15) is 11.0 Å². The predicted octanol–water partition coefficient (Wildman–Crippen LogP) is 0.771. The lowest BCUT2D eigenvalue weighted by molar-refractivity contribution is 0.172. The summed E-state index contributed by atoms with van der Waals surface area (Å²) >= 11 is 1.63. The van der Waals surface area contributed by atoms with Crippen LogP contribution in [0.4, 0.5) is 0 Å². The van der Waals surface area contributed by atoms with Gasteiger partial charge in [-0.25, -0.2) is 9.97 Å². The first kappa shape index (κ1) is 15.1. The summed E-state index contributed by atoms with van der Waals surface area (Å²) in [6, 6.07) is 0.00572. The second-order valence-electron chi connectivity index (χ2n) is 4.48. The average Bonchev–Trinajstić information content (AvgIpc) is 3.11. The van der Waals surface area contributed by atoms with Crippen LogP contribution in [-0.2, 0) is 6.42 Å². The van der Waals surface area contributed by atoms with Gasteiger partial charge >= 0.3 is 0 Å². The fraction of sp³-hybridized carbons (Fsp3) is 0.538. The Bertz CT molecular complexity index is 499. The van der Waals surface area contributed by atoms with E-state index in [1.807, 2.05) is 6.20 Å². The van der Waals surface area contributed by atoms with Crippen molar-refractivity contribution >= 4 is 11.3 Å². The van der Waals surface area contributed by atoms with E-state index in [4.69, 9.17) is 5.73 Å². The molecule has 0 saturated heterocycles. The molecule has 0 amide bonds. The molecule has 0 saturated carbocycles. The highest BCUT2D eigenvalue weighted by Gasteiger charge is 2.25.